The fourth-order valence-electron chi connectivity index (χ4n) is 1.52. The van der Waals surface area contributed by atoms with Crippen molar-refractivity contribution in [3.8, 4) is 0 Å². The minimum Gasteiger partial charge on any atom is -0.387 e. The van der Waals surface area contributed by atoms with Gasteiger partial charge in [-0.05, 0) is 17.9 Å². The van der Waals surface area contributed by atoms with Crippen molar-refractivity contribution in [3.63, 3.8) is 0 Å². The Labute approximate surface area is 98.6 Å². The molecule has 2 N–H and O–H groups in total. The average Bonchev–Trinajstić information content (AvgIpc) is 2.29. The first-order valence-corrected chi connectivity index (χ1v) is 5.96. The van der Waals surface area contributed by atoms with Gasteiger partial charge in [-0.15, -0.1) is 0 Å². The molecule has 2 heteroatoms. The summed E-state index contributed by atoms with van der Waals surface area (Å²) in [6.45, 7) is 7.19. The molecule has 0 aliphatic rings. The summed E-state index contributed by atoms with van der Waals surface area (Å²) in [5.74, 6) is 1.66. The molecule has 0 amide bonds. The van der Waals surface area contributed by atoms with Crippen LogP contribution in [0, 0.1) is 5.92 Å². The van der Waals surface area contributed by atoms with E-state index in [0.717, 1.165) is 18.8 Å². The molecule has 0 heterocycles. The van der Waals surface area contributed by atoms with Crippen LogP contribution in [0.5, 0.6) is 0 Å². The first-order valence-electron chi connectivity index (χ1n) is 5.96. The molecule has 0 spiro atoms. The van der Waals surface area contributed by atoms with Crippen molar-refractivity contribution in [3.05, 3.63) is 35.9 Å². The van der Waals surface area contributed by atoms with E-state index in [-0.39, 0.29) is 0 Å². The van der Waals surface area contributed by atoms with E-state index in [4.69, 9.17) is 5.73 Å². The minimum atomic E-state index is 0.354. The highest BCUT2D eigenvalue weighted by Crippen LogP contribution is 2.18. The molecular formula is C14H22N2. The van der Waals surface area contributed by atoms with Gasteiger partial charge in [-0.1, -0.05) is 51.1 Å². The lowest BCUT2D eigenvalue weighted by Crippen LogP contribution is -2.19. The second kappa shape index (κ2) is 6.31. The van der Waals surface area contributed by atoms with E-state index >= 15 is 0 Å². The summed E-state index contributed by atoms with van der Waals surface area (Å²) in [6.07, 6.45) is 1.05. The van der Waals surface area contributed by atoms with E-state index in [1.165, 1.54) is 5.56 Å². The molecule has 88 valence electrons. The first-order chi connectivity index (χ1) is 7.61. The van der Waals surface area contributed by atoms with Crippen LogP contribution >= 0.6 is 0 Å². The van der Waals surface area contributed by atoms with Crippen molar-refractivity contribution in [2.75, 3.05) is 6.54 Å². The number of rotatable bonds is 5. The van der Waals surface area contributed by atoms with Crippen molar-refractivity contribution >= 4 is 5.84 Å². The third-order valence-corrected chi connectivity index (χ3v) is 2.82. The van der Waals surface area contributed by atoms with Gasteiger partial charge in [0.2, 0.25) is 0 Å². The van der Waals surface area contributed by atoms with Crippen LogP contribution in [-0.2, 0) is 0 Å². The Hall–Kier alpha value is -1.31. The van der Waals surface area contributed by atoms with E-state index in [9.17, 15) is 0 Å². The number of amidine groups is 1. The minimum absolute atomic E-state index is 0.354. The molecule has 0 radical (unpaired) electrons. The molecule has 1 unspecified atom stereocenters. The van der Waals surface area contributed by atoms with Crippen LogP contribution in [0.2, 0.25) is 0 Å². The summed E-state index contributed by atoms with van der Waals surface area (Å²) in [5, 5.41) is 0. The van der Waals surface area contributed by atoms with Gasteiger partial charge in [-0.25, -0.2) is 0 Å². The van der Waals surface area contributed by atoms with Gasteiger partial charge in [0.25, 0.3) is 0 Å². The van der Waals surface area contributed by atoms with Crippen molar-refractivity contribution in [1.82, 2.24) is 0 Å². The lowest BCUT2D eigenvalue weighted by Gasteiger charge is -2.10. The van der Waals surface area contributed by atoms with Crippen LogP contribution in [0.15, 0.2) is 35.3 Å². The molecular weight excluding hydrogens is 196 g/mol. The number of hydrogen-bond acceptors (Lipinski definition) is 1. The first kappa shape index (κ1) is 12.8. The summed E-state index contributed by atoms with van der Waals surface area (Å²) in [7, 11) is 0. The molecule has 0 saturated carbocycles. The summed E-state index contributed by atoms with van der Waals surface area (Å²) < 4.78 is 0. The third-order valence-electron chi connectivity index (χ3n) is 2.82. The molecule has 2 nitrogen and oxygen atoms in total. The van der Waals surface area contributed by atoms with Crippen LogP contribution in [0.4, 0.5) is 0 Å². The lowest BCUT2D eigenvalue weighted by atomic mass is 9.98. The van der Waals surface area contributed by atoms with Gasteiger partial charge in [-0.3, -0.25) is 4.99 Å². The largest absolute Gasteiger partial charge is 0.387 e. The van der Waals surface area contributed by atoms with Gasteiger partial charge >= 0.3 is 0 Å². The molecule has 0 aliphatic carbocycles. The molecule has 1 aromatic rings. The quantitative estimate of drug-likeness (QED) is 0.598. The third kappa shape index (κ3) is 4.05. The summed E-state index contributed by atoms with van der Waals surface area (Å²) >= 11 is 0. The van der Waals surface area contributed by atoms with Gasteiger partial charge in [0, 0.05) is 12.5 Å². The van der Waals surface area contributed by atoms with Crippen molar-refractivity contribution in [1.29, 1.82) is 0 Å². The zero-order valence-corrected chi connectivity index (χ0v) is 10.5. The SMILES string of the molecule is CC(C)C(N)=NCCC(C)c1ccccc1. The smallest absolute Gasteiger partial charge is 0.0962 e. The van der Waals surface area contributed by atoms with E-state index < -0.39 is 0 Å². The Morgan fingerprint density at radius 3 is 2.38 bits per heavy atom. The second-order valence-electron chi connectivity index (χ2n) is 4.56. The molecule has 1 aromatic carbocycles. The Morgan fingerprint density at radius 2 is 1.81 bits per heavy atom. The van der Waals surface area contributed by atoms with Crippen LogP contribution in [0.3, 0.4) is 0 Å². The molecule has 16 heavy (non-hydrogen) atoms. The molecule has 0 fully saturated rings. The fourth-order valence-corrected chi connectivity index (χ4v) is 1.52. The predicted octanol–water partition coefficient (Wildman–Crippen LogP) is 3.19. The zero-order chi connectivity index (χ0) is 12.0. The number of hydrogen-bond donors (Lipinski definition) is 1. The van der Waals surface area contributed by atoms with Gasteiger partial charge in [0.05, 0.1) is 5.84 Å². The fraction of sp³-hybridized carbons (Fsp3) is 0.500. The van der Waals surface area contributed by atoms with Crippen molar-refractivity contribution in [2.45, 2.75) is 33.1 Å². The second-order valence-corrected chi connectivity index (χ2v) is 4.56. The summed E-state index contributed by atoms with van der Waals surface area (Å²) in [6, 6.07) is 10.5. The zero-order valence-electron chi connectivity index (χ0n) is 10.5. The van der Waals surface area contributed by atoms with Crippen molar-refractivity contribution < 1.29 is 0 Å². The van der Waals surface area contributed by atoms with Crippen LogP contribution in [-0.4, -0.2) is 12.4 Å². The molecule has 0 bridgehead atoms. The predicted molar refractivity (Wildman–Crippen MR) is 70.8 cm³/mol. The average molecular weight is 218 g/mol. The lowest BCUT2D eigenvalue weighted by molar-refractivity contribution is 0.686. The van der Waals surface area contributed by atoms with E-state index in [0.29, 0.717) is 11.8 Å². The van der Waals surface area contributed by atoms with E-state index in [1.807, 2.05) is 6.07 Å². The number of aliphatic imine (C=N–C) groups is 1. The highest BCUT2D eigenvalue weighted by molar-refractivity contribution is 5.82. The number of nitrogens with two attached hydrogens (primary N) is 1. The standard InChI is InChI=1S/C14H22N2/c1-11(2)14(15)16-10-9-12(3)13-7-5-4-6-8-13/h4-8,11-12H,9-10H2,1-3H3,(H2,15,16). The van der Waals surface area contributed by atoms with Crippen LogP contribution < -0.4 is 5.73 Å². The Kier molecular flexibility index (Phi) is 5.03. The molecule has 0 aromatic heterocycles. The molecule has 1 rings (SSSR count). The van der Waals surface area contributed by atoms with Gasteiger partial charge in [-0.2, -0.15) is 0 Å². The molecule has 1 atom stereocenters. The maximum absolute atomic E-state index is 5.79. The maximum Gasteiger partial charge on any atom is 0.0962 e. The van der Waals surface area contributed by atoms with Crippen LogP contribution in [0.1, 0.15) is 38.7 Å². The Bertz CT molecular complexity index is 328. The summed E-state index contributed by atoms with van der Waals surface area (Å²) in [5.41, 5.74) is 7.17. The highest BCUT2D eigenvalue weighted by atomic mass is 14.9. The normalized spacial score (nSPS) is 14.1. The van der Waals surface area contributed by atoms with E-state index in [1.54, 1.807) is 0 Å². The van der Waals surface area contributed by atoms with Crippen molar-refractivity contribution in [2.24, 2.45) is 16.6 Å². The van der Waals surface area contributed by atoms with Crippen LogP contribution in [0.25, 0.3) is 0 Å². The number of nitrogens with zero attached hydrogens (tertiary/aromatic N) is 1. The maximum atomic E-state index is 5.79. The van der Waals surface area contributed by atoms with E-state index in [2.05, 4.69) is 50.0 Å². The molecule has 0 aliphatic heterocycles. The Morgan fingerprint density at radius 1 is 1.19 bits per heavy atom. The molecule has 0 saturated heterocycles. The highest BCUT2D eigenvalue weighted by Gasteiger charge is 2.04. The van der Waals surface area contributed by atoms with Gasteiger partial charge in [0.1, 0.15) is 0 Å². The topological polar surface area (TPSA) is 38.4 Å². The summed E-state index contributed by atoms with van der Waals surface area (Å²) in [4.78, 5) is 4.38. The monoisotopic (exact) mass is 218 g/mol. The van der Waals surface area contributed by atoms with Gasteiger partial charge in [0.15, 0.2) is 0 Å². The Balaban J connectivity index is 2.42. The number of benzene rings is 1. The van der Waals surface area contributed by atoms with Gasteiger partial charge < -0.3 is 5.73 Å².